The second-order valence-corrected chi connectivity index (χ2v) is 8.03. The van der Waals surface area contributed by atoms with Gasteiger partial charge in [-0.05, 0) is 0 Å². The van der Waals surface area contributed by atoms with E-state index in [1.807, 2.05) is 22.1 Å². The third kappa shape index (κ3) is 3.82. The molecule has 0 bridgehead atoms. The van der Waals surface area contributed by atoms with E-state index in [-0.39, 0.29) is 7.43 Å². The van der Waals surface area contributed by atoms with Gasteiger partial charge in [0.2, 0.25) is 0 Å². The summed E-state index contributed by atoms with van der Waals surface area (Å²) in [6.07, 6.45) is 0. The Morgan fingerprint density at radius 1 is 1.50 bits per heavy atom. The van der Waals surface area contributed by atoms with Crippen LogP contribution in [-0.4, -0.2) is 4.61 Å². The minimum absolute atomic E-state index is 0. The molecule has 1 rings (SSSR count). The summed E-state index contributed by atoms with van der Waals surface area (Å²) in [7, 11) is 11.3. The van der Waals surface area contributed by atoms with E-state index < -0.39 is 13.5 Å². The zero-order valence-corrected chi connectivity index (χ0v) is 9.39. The normalized spacial score (nSPS) is 10.0. The molecule has 0 amide bonds. The van der Waals surface area contributed by atoms with Gasteiger partial charge in [-0.1, -0.05) is 0 Å². The van der Waals surface area contributed by atoms with Crippen LogP contribution in [0.5, 0.6) is 0 Å². The number of hydrogen-bond donors (Lipinski definition) is 0. The van der Waals surface area contributed by atoms with Crippen LogP contribution < -0.4 is 0 Å². The molecule has 10 heavy (non-hydrogen) atoms. The minimum atomic E-state index is -1.57. The Hall–Kier alpha value is 0.773. The summed E-state index contributed by atoms with van der Waals surface area (Å²) in [6.45, 7) is 0. The Bertz CT molecular complexity index is 202. The van der Waals surface area contributed by atoms with E-state index in [1.54, 1.807) is 11.3 Å². The van der Waals surface area contributed by atoms with Crippen molar-refractivity contribution in [2.45, 2.75) is 0 Å². The fourth-order valence-corrected chi connectivity index (χ4v) is 3.86. The molecule has 1 aromatic heterocycles. The predicted octanol–water partition coefficient (Wildman–Crippen LogP) is 3.27. The molecule has 0 aliphatic rings. The molecular weight excluding hydrogens is 276 g/mol. The number of thiophene rings is 1. The third-order valence-corrected chi connectivity index (χ3v) is 3.70. The van der Waals surface area contributed by atoms with Gasteiger partial charge in [-0.3, -0.25) is 0 Å². The average Bonchev–Trinajstić information content (AvgIpc) is 2.15. The van der Waals surface area contributed by atoms with E-state index in [2.05, 4.69) is 0 Å². The van der Waals surface area contributed by atoms with Crippen molar-refractivity contribution in [2.75, 3.05) is 0 Å². The van der Waals surface area contributed by atoms with Crippen LogP contribution >= 0.6 is 30.7 Å². The van der Waals surface area contributed by atoms with Crippen molar-refractivity contribution in [1.29, 1.82) is 0 Å². The molecule has 0 saturated heterocycles. The van der Waals surface area contributed by atoms with Gasteiger partial charge in [-0.25, -0.2) is 0 Å². The summed E-state index contributed by atoms with van der Waals surface area (Å²) in [5.41, 5.74) is 0. The van der Waals surface area contributed by atoms with Crippen molar-refractivity contribution in [3.63, 3.8) is 0 Å². The number of halogens is 2. The molecule has 1 heterocycles. The van der Waals surface area contributed by atoms with Crippen molar-refractivity contribution in [2.24, 2.45) is 0 Å². The summed E-state index contributed by atoms with van der Waals surface area (Å²) in [6, 6.07) is 4.00. The van der Waals surface area contributed by atoms with Crippen LogP contribution in [0.15, 0.2) is 17.5 Å². The Labute approximate surface area is 78.3 Å². The van der Waals surface area contributed by atoms with Gasteiger partial charge in [-0.15, -0.1) is 0 Å². The summed E-state index contributed by atoms with van der Waals surface area (Å²) >= 11 is 0.0926. The summed E-state index contributed by atoms with van der Waals surface area (Å²) in [4.78, 5) is 1.18. The molecule has 0 unspecified atom stereocenters. The third-order valence-electron chi connectivity index (χ3n) is 0.721. The van der Waals surface area contributed by atoms with Crippen LogP contribution in [0, 0.1) is 7.43 Å². The van der Waals surface area contributed by atoms with E-state index in [0.29, 0.717) is 0 Å². The van der Waals surface area contributed by atoms with Crippen LogP contribution in [0.2, 0.25) is 0 Å². The van der Waals surface area contributed by atoms with Gasteiger partial charge in [0.25, 0.3) is 0 Å². The Morgan fingerprint density at radius 2 is 2.20 bits per heavy atom. The maximum atomic E-state index is 5.63. The Kier molecular flexibility index (Phi) is 5.85. The molecular formula is C6H7Cl2RuS-. The van der Waals surface area contributed by atoms with Crippen LogP contribution in [0.4, 0.5) is 0 Å². The van der Waals surface area contributed by atoms with Gasteiger partial charge < -0.3 is 7.43 Å². The second kappa shape index (κ2) is 5.43. The van der Waals surface area contributed by atoms with E-state index >= 15 is 0 Å². The Balaban J connectivity index is 0.000000810. The fourth-order valence-electron chi connectivity index (χ4n) is 0.425. The molecule has 0 atom stereocenters. The first-order chi connectivity index (χ1) is 4.29. The van der Waals surface area contributed by atoms with Crippen molar-refractivity contribution in [3.8, 4) is 0 Å². The summed E-state index contributed by atoms with van der Waals surface area (Å²) < 4.78 is 1.94. The molecule has 0 N–H and O–H groups in total. The van der Waals surface area contributed by atoms with Gasteiger partial charge in [0.1, 0.15) is 0 Å². The van der Waals surface area contributed by atoms with Crippen LogP contribution in [0.3, 0.4) is 0 Å². The van der Waals surface area contributed by atoms with Crippen molar-refractivity contribution in [3.05, 3.63) is 29.8 Å². The standard InChI is InChI=1S/C5H4S.CH3.2ClH.Ru/c1-5-3-2-4-6-5;;;;/h1-4H;1H3;2*1H;/q;-1;;;+2/p-2. The van der Waals surface area contributed by atoms with Crippen LogP contribution in [0.1, 0.15) is 4.88 Å². The molecule has 0 nitrogen and oxygen atoms in total. The predicted molar refractivity (Wildman–Crippen MR) is 47.6 cm³/mol. The van der Waals surface area contributed by atoms with E-state index in [9.17, 15) is 0 Å². The van der Waals surface area contributed by atoms with E-state index in [1.165, 1.54) is 4.88 Å². The van der Waals surface area contributed by atoms with Crippen molar-refractivity contribution in [1.82, 2.24) is 0 Å². The molecule has 0 radical (unpaired) electrons. The first-order valence-electron chi connectivity index (χ1n) is 2.16. The monoisotopic (exact) mass is 283 g/mol. The summed E-state index contributed by atoms with van der Waals surface area (Å²) in [5, 5.41) is 2.01. The summed E-state index contributed by atoms with van der Waals surface area (Å²) in [5.74, 6) is 0. The van der Waals surface area contributed by atoms with E-state index in [0.717, 1.165) is 0 Å². The molecule has 1 aromatic rings. The van der Waals surface area contributed by atoms with Gasteiger partial charge in [-0.2, -0.15) is 0 Å². The zero-order chi connectivity index (χ0) is 6.69. The number of hydrogen-bond acceptors (Lipinski definition) is 1. The quantitative estimate of drug-likeness (QED) is 0.548. The van der Waals surface area contributed by atoms with Crippen LogP contribution in [-0.2, 0) is 13.5 Å². The van der Waals surface area contributed by atoms with Gasteiger partial charge in [0.05, 0.1) is 0 Å². The molecule has 0 aliphatic heterocycles. The van der Waals surface area contributed by atoms with Gasteiger partial charge in [0, 0.05) is 0 Å². The molecule has 4 heteroatoms. The first kappa shape index (κ1) is 10.8. The second-order valence-electron chi connectivity index (χ2n) is 1.32. The van der Waals surface area contributed by atoms with Crippen molar-refractivity contribution >= 4 is 35.3 Å². The molecule has 0 fully saturated rings. The molecule has 0 saturated carbocycles. The number of rotatable bonds is 1. The van der Waals surface area contributed by atoms with Crippen LogP contribution in [0.25, 0.3) is 0 Å². The molecule has 0 aliphatic carbocycles. The van der Waals surface area contributed by atoms with Gasteiger partial charge in [0.15, 0.2) is 0 Å². The SMILES string of the molecule is [CH3-].[Cl][Ru]([Cl])=[CH]c1cccs1. The maximum absolute atomic E-state index is 5.63. The van der Waals surface area contributed by atoms with E-state index in [4.69, 9.17) is 19.4 Å². The Morgan fingerprint density at radius 3 is 2.60 bits per heavy atom. The van der Waals surface area contributed by atoms with Crippen molar-refractivity contribution < 1.29 is 13.5 Å². The molecule has 0 aromatic carbocycles. The average molecular weight is 283 g/mol. The fraction of sp³-hybridized carbons (Fsp3) is 0. The topological polar surface area (TPSA) is 0 Å². The molecule has 60 valence electrons. The zero-order valence-electron chi connectivity index (χ0n) is 5.33. The molecule has 0 spiro atoms. The first-order valence-corrected chi connectivity index (χ1v) is 8.51. The van der Waals surface area contributed by atoms with Gasteiger partial charge >= 0.3 is 71.2 Å².